The minimum absolute atomic E-state index is 0. The summed E-state index contributed by atoms with van der Waals surface area (Å²) in [6, 6.07) is 16.8. The van der Waals surface area contributed by atoms with Crippen LogP contribution in [0.3, 0.4) is 0 Å². The number of aromatic nitrogens is 3. The summed E-state index contributed by atoms with van der Waals surface area (Å²) < 4.78 is 52.8. The van der Waals surface area contributed by atoms with Gasteiger partial charge < -0.3 is 9.47 Å². The van der Waals surface area contributed by atoms with Crippen LogP contribution in [-0.4, -0.2) is 36.1 Å². The second-order valence-corrected chi connectivity index (χ2v) is 9.85. The first kappa shape index (κ1) is 24.9. The van der Waals surface area contributed by atoms with Crippen molar-refractivity contribution >= 4 is 15.9 Å². The molecule has 0 saturated carbocycles. The quantitative estimate of drug-likeness (QED) is 0.320. The van der Waals surface area contributed by atoms with Crippen LogP contribution < -0.4 is 14.2 Å². The zero-order valence-electron chi connectivity index (χ0n) is 19.4. The first-order chi connectivity index (χ1) is 17.2. The van der Waals surface area contributed by atoms with Crippen LogP contribution in [0.15, 0.2) is 78.0 Å². The molecule has 0 spiro atoms. The number of sulfonamides is 1. The number of carbonyl (C=O) groups is 1. The van der Waals surface area contributed by atoms with Crippen LogP contribution in [0.1, 0.15) is 27.1 Å². The van der Waals surface area contributed by atoms with E-state index < -0.39 is 21.7 Å². The Morgan fingerprint density at radius 3 is 2.56 bits per heavy atom. The molecule has 0 radical (unpaired) electrons. The van der Waals surface area contributed by atoms with Gasteiger partial charge in [0.25, 0.3) is 15.9 Å². The molecule has 0 saturated heterocycles. The fourth-order valence-corrected chi connectivity index (χ4v) is 4.01. The predicted molar refractivity (Wildman–Crippen MR) is 134 cm³/mol. The van der Waals surface area contributed by atoms with Gasteiger partial charge in [-0.3, -0.25) is 9.89 Å². The lowest BCUT2D eigenvalue weighted by Gasteiger charge is -2.13. The molecule has 0 unspecified atom stereocenters. The maximum atomic E-state index is 14.3. The first-order valence-electron chi connectivity index (χ1n) is 11.0. The fraction of sp³-hybridized carbons (Fsp3) is 0.160. The topological polar surface area (TPSA) is 123 Å². The lowest BCUT2D eigenvalue weighted by molar-refractivity contribution is 0.0978. The Bertz CT molecular complexity index is 1470. The molecule has 36 heavy (non-hydrogen) atoms. The maximum absolute atomic E-state index is 14.3. The largest absolute Gasteiger partial charge is 0.493 e. The number of amides is 1. The van der Waals surface area contributed by atoms with E-state index in [2.05, 4.69) is 15.2 Å². The minimum atomic E-state index is -4.21. The summed E-state index contributed by atoms with van der Waals surface area (Å²) in [5.41, 5.74) is 0.546. The third kappa shape index (κ3) is 6.05. The summed E-state index contributed by atoms with van der Waals surface area (Å²) in [6.07, 6.45) is 1.25. The number of para-hydroxylation sites is 1. The molecule has 4 aromatic rings. The molecule has 0 atom stereocenters. The van der Waals surface area contributed by atoms with E-state index in [0.29, 0.717) is 29.4 Å². The summed E-state index contributed by atoms with van der Waals surface area (Å²) in [7, 11) is -4.21. The molecular formula is C25H27FN4O5S. The van der Waals surface area contributed by atoms with Crippen molar-refractivity contribution in [2.24, 2.45) is 5.92 Å². The molecule has 11 heteroatoms. The lowest BCUT2D eigenvalue weighted by atomic mass is 10.1. The van der Waals surface area contributed by atoms with Gasteiger partial charge >= 0.3 is 0 Å². The number of aromatic amines is 1. The van der Waals surface area contributed by atoms with Gasteiger partial charge in [-0.05, 0) is 48.4 Å². The monoisotopic (exact) mass is 514 g/mol. The van der Waals surface area contributed by atoms with Crippen molar-refractivity contribution in [2.75, 3.05) is 6.61 Å². The van der Waals surface area contributed by atoms with Crippen LogP contribution in [0.5, 0.6) is 17.4 Å². The van der Waals surface area contributed by atoms with Crippen molar-refractivity contribution in [3.05, 3.63) is 84.3 Å². The Morgan fingerprint density at radius 2 is 1.86 bits per heavy atom. The maximum Gasteiger partial charge on any atom is 0.281 e. The van der Waals surface area contributed by atoms with Gasteiger partial charge in [-0.1, -0.05) is 32.0 Å². The highest BCUT2D eigenvalue weighted by molar-refractivity contribution is 7.90. The summed E-state index contributed by atoms with van der Waals surface area (Å²) >= 11 is 0. The number of rotatable bonds is 9. The number of nitrogens with zero attached hydrogens (tertiary/aromatic N) is 2. The summed E-state index contributed by atoms with van der Waals surface area (Å²) in [6.45, 7) is 4.36. The molecule has 2 aromatic heterocycles. The Morgan fingerprint density at radius 1 is 1.08 bits per heavy atom. The Kier molecular flexibility index (Phi) is 7.30. The normalized spacial score (nSPS) is 11.3. The van der Waals surface area contributed by atoms with Gasteiger partial charge in [0.05, 0.1) is 18.5 Å². The molecule has 0 aliphatic heterocycles. The van der Waals surface area contributed by atoms with E-state index in [1.54, 1.807) is 36.4 Å². The van der Waals surface area contributed by atoms with Crippen molar-refractivity contribution < 1.29 is 29.9 Å². The Hall–Kier alpha value is -4.25. The zero-order chi connectivity index (χ0) is 25.7. The molecule has 2 aromatic carbocycles. The third-order valence-corrected chi connectivity index (χ3v) is 6.07. The Balaban J connectivity index is 0.00000253. The molecule has 2 heterocycles. The van der Waals surface area contributed by atoms with E-state index in [0.717, 1.165) is 0 Å². The molecule has 0 aliphatic carbocycles. The van der Waals surface area contributed by atoms with E-state index in [1.807, 2.05) is 18.6 Å². The minimum Gasteiger partial charge on any atom is -0.493 e. The number of H-pyrrole nitrogens is 1. The molecule has 0 bridgehead atoms. The highest BCUT2D eigenvalue weighted by atomic mass is 32.2. The summed E-state index contributed by atoms with van der Waals surface area (Å²) in [5, 5.41) is 5.61. The van der Waals surface area contributed by atoms with Gasteiger partial charge in [0.2, 0.25) is 5.88 Å². The van der Waals surface area contributed by atoms with E-state index >= 15 is 0 Å². The van der Waals surface area contributed by atoms with Crippen LogP contribution >= 0.6 is 0 Å². The summed E-state index contributed by atoms with van der Waals surface area (Å²) in [4.78, 5) is 17.4. The molecule has 2 N–H and O–H groups in total. The zero-order valence-corrected chi connectivity index (χ0v) is 20.3. The highest BCUT2D eigenvalue weighted by Crippen LogP contribution is 2.30. The highest BCUT2D eigenvalue weighted by Gasteiger charge is 2.24. The van der Waals surface area contributed by atoms with Crippen LogP contribution in [0.25, 0.3) is 11.3 Å². The molecule has 1 amide bonds. The fourth-order valence-electron chi connectivity index (χ4n) is 3.13. The van der Waals surface area contributed by atoms with Crippen LogP contribution in [0.4, 0.5) is 4.39 Å². The van der Waals surface area contributed by atoms with Crippen molar-refractivity contribution in [3.8, 4) is 28.6 Å². The number of halogens is 1. The molecule has 190 valence electrons. The lowest BCUT2D eigenvalue weighted by Crippen LogP contribution is -2.31. The Labute approximate surface area is 210 Å². The first-order valence-corrected chi connectivity index (χ1v) is 12.4. The number of benzene rings is 2. The molecular weight excluding hydrogens is 487 g/mol. The van der Waals surface area contributed by atoms with Crippen molar-refractivity contribution in [1.82, 2.24) is 19.9 Å². The number of nitrogens with one attached hydrogen (secondary N) is 2. The van der Waals surface area contributed by atoms with Crippen molar-refractivity contribution in [3.63, 3.8) is 0 Å². The number of pyridine rings is 1. The van der Waals surface area contributed by atoms with E-state index in [4.69, 9.17) is 9.47 Å². The SMILES string of the molecule is CC(C)COc1cc(F)cc(-c2ccc(C(=O)NS(=O)(=O)c3ccn[nH]3)c(Oc3ccccc3)n2)c1.[HH].[HH]. The standard InChI is InChI=1S/C25H23FN4O5S.2H2/c1-16(2)15-34-20-13-17(12-18(26)14-20)22-9-8-21(25(28-22)35-19-6-4-3-5-7-19)24(31)30-36(32,33)23-10-11-27-29-23;;/h3-14,16H,15H2,1-2H3,(H,27,29)(H,30,31);2*1H. The smallest absolute Gasteiger partial charge is 0.281 e. The number of hydrogen-bond acceptors (Lipinski definition) is 7. The van der Waals surface area contributed by atoms with Crippen molar-refractivity contribution in [1.29, 1.82) is 0 Å². The van der Waals surface area contributed by atoms with Gasteiger partial charge in [0, 0.05) is 14.5 Å². The van der Waals surface area contributed by atoms with Gasteiger partial charge in [-0.25, -0.2) is 14.1 Å². The second kappa shape index (κ2) is 10.6. The van der Waals surface area contributed by atoms with E-state index in [1.165, 1.54) is 36.5 Å². The second-order valence-electron chi connectivity index (χ2n) is 8.20. The number of carbonyl (C=O) groups excluding carboxylic acids is 1. The van der Waals surface area contributed by atoms with Gasteiger partial charge in [-0.2, -0.15) is 13.5 Å². The van der Waals surface area contributed by atoms with E-state index in [-0.39, 0.29) is 25.2 Å². The average Bonchev–Trinajstić information content (AvgIpc) is 3.39. The molecule has 4 rings (SSSR count). The summed E-state index contributed by atoms with van der Waals surface area (Å²) in [5.74, 6) is -0.700. The van der Waals surface area contributed by atoms with Gasteiger partial charge in [-0.15, -0.1) is 0 Å². The van der Waals surface area contributed by atoms with Gasteiger partial charge in [0.1, 0.15) is 22.9 Å². The predicted octanol–water partition coefficient (Wildman–Crippen LogP) is 5.05. The van der Waals surface area contributed by atoms with Crippen LogP contribution in [0.2, 0.25) is 0 Å². The van der Waals surface area contributed by atoms with Gasteiger partial charge in [0.15, 0.2) is 5.03 Å². The third-order valence-electron chi connectivity index (χ3n) is 4.80. The average molecular weight is 515 g/mol. The van der Waals surface area contributed by atoms with Crippen molar-refractivity contribution in [2.45, 2.75) is 18.9 Å². The van der Waals surface area contributed by atoms with Crippen LogP contribution in [0, 0.1) is 11.7 Å². The number of ether oxygens (including phenoxy) is 2. The molecule has 0 fully saturated rings. The molecule has 9 nitrogen and oxygen atoms in total. The van der Waals surface area contributed by atoms with Crippen LogP contribution in [-0.2, 0) is 10.0 Å². The number of hydrogen-bond donors (Lipinski definition) is 2. The molecule has 0 aliphatic rings. The van der Waals surface area contributed by atoms with E-state index in [9.17, 15) is 17.6 Å².